The van der Waals surface area contributed by atoms with Gasteiger partial charge in [-0.3, -0.25) is 4.79 Å². The summed E-state index contributed by atoms with van der Waals surface area (Å²) >= 11 is 0. The largest absolute Gasteiger partial charge is 0.310 e. The maximum Gasteiger partial charge on any atom is 0.306 e. The van der Waals surface area contributed by atoms with E-state index in [1.807, 2.05) is 60.1 Å². The van der Waals surface area contributed by atoms with E-state index < -0.39 is 5.91 Å². The summed E-state index contributed by atoms with van der Waals surface area (Å²) in [4.78, 5) is 11.0. The van der Waals surface area contributed by atoms with Crippen LogP contribution in [-0.4, -0.2) is 11.1 Å². The third kappa shape index (κ3) is 2.84. The van der Waals surface area contributed by atoms with Crippen molar-refractivity contribution in [3.05, 3.63) is 66.2 Å². The Kier molecular flexibility index (Phi) is 3.89. The van der Waals surface area contributed by atoms with Crippen LogP contribution in [0.3, 0.4) is 0 Å². The molecule has 1 amide bonds. The highest BCUT2D eigenvalue weighted by molar-refractivity contribution is 5.92. The summed E-state index contributed by atoms with van der Waals surface area (Å²) in [5.41, 5.74) is 4.93. The molecule has 0 saturated carbocycles. The molecular weight excluding hydrogens is 226 g/mol. The predicted molar refractivity (Wildman–Crippen MR) is 72.7 cm³/mol. The maximum absolute atomic E-state index is 11.0. The van der Waals surface area contributed by atoms with Gasteiger partial charge in [-0.2, -0.15) is 0 Å². The van der Waals surface area contributed by atoms with Crippen LogP contribution in [0.4, 0.5) is 0 Å². The van der Waals surface area contributed by atoms with Gasteiger partial charge in [0, 0.05) is 6.08 Å². The van der Waals surface area contributed by atoms with Gasteiger partial charge in [-0.1, -0.05) is 54.6 Å². The third-order valence-electron chi connectivity index (χ3n) is 2.58. The first-order chi connectivity index (χ1) is 8.81. The average Bonchev–Trinajstić information content (AvgIpc) is 2.46. The van der Waals surface area contributed by atoms with Gasteiger partial charge in [0.15, 0.2) is 0 Å². The van der Waals surface area contributed by atoms with Crippen molar-refractivity contribution in [1.82, 2.24) is 5.48 Å². The number of nitrogens with one attached hydrogen (secondary N) is 1. The Bertz CT molecular complexity index is 562. The van der Waals surface area contributed by atoms with Crippen LogP contribution in [-0.2, 0) is 4.79 Å². The van der Waals surface area contributed by atoms with Gasteiger partial charge in [-0.15, -0.1) is 5.48 Å². The van der Waals surface area contributed by atoms with Gasteiger partial charge in [0.1, 0.15) is 0 Å². The highest BCUT2D eigenvalue weighted by Crippen LogP contribution is 2.24. The smallest absolute Gasteiger partial charge is 0.306 e. The van der Waals surface area contributed by atoms with E-state index in [4.69, 9.17) is 5.21 Å². The maximum atomic E-state index is 11.0. The van der Waals surface area contributed by atoms with Gasteiger partial charge in [0.25, 0.3) is 0 Å². The van der Waals surface area contributed by atoms with Gasteiger partial charge in [-0.05, 0) is 22.8 Å². The van der Waals surface area contributed by atoms with Gasteiger partial charge in [0.05, 0.1) is 0 Å². The Morgan fingerprint density at radius 3 is 2.39 bits per heavy atom. The molecule has 90 valence electrons. The zero-order chi connectivity index (χ0) is 12.8. The summed E-state index contributed by atoms with van der Waals surface area (Å²) in [6.07, 6.45) is 3.07. The minimum absolute atomic E-state index is 0.433. The van der Waals surface area contributed by atoms with Gasteiger partial charge >= 0.3 is 5.91 Å². The molecule has 0 spiro atoms. The van der Waals surface area contributed by atoms with Crippen molar-refractivity contribution in [2.45, 2.75) is 0 Å². The minimum atomic E-state index is -0.433. The van der Waals surface area contributed by atoms with Crippen molar-refractivity contribution >= 4 is 12.0 Å². The normalized spacial score (nSPS) is 10.5. The number of hydrogen-bond donors (Lipinski definition) is 1. The molecule has 2 aromatic rings. The van der Waals surface area contributed by atoms with E-state index in [0.29, 0.717) is 0 Å². The van der Waals surface area contributed by atoms with Crippen LogP contribution >= 0.6 is 0 Å². The standard InChI is InChI=1S/C15H13NO2/c17-15(16-18)11-10-13-8-4-5-9-14(13)12-6-2-1-3-7-12/h1-11,18H,(H,16,17)/p+1/b11-10+. The summed E-state index contributed by atoms with van der Waals surface area (Å²) in [5, 5.41) is 6.74. The van der Waals surface area contributed by atoms with Crippen LogP contribution < -0.4 is 5.48 Å². The summed E-state index contributed by atoms with van der Waals surface area (Å²) < 4.78 is 0. The first-order valence-electron chi connectivity index (χ1n) is 5.60. The number of hydrogen-bond acceptors (Lipinski definition) is 1. The number of amides is 1. The van der Waals surface area contributed by atoms with E-state index in [1.54, 1.807) is 6.08 Å². The SMILES string of the molecule is O=C(/C=C/c1ccccc1-c1ccccc1)N[OH2+]. The summed E-state index contributed by atoms with van der Waals surface area (Å²) in [5.74, 6) is -0.433. The average molecular weight is 240 g/mol. The van der Waals surface area contributed by atoms with Crippen molar-refractivity contribution in [2.24, 2.45) is 0 Å². The summed E-state index contributed by atoms with van der Waals surface area (Å²) in [6.45, 7) is 0. The molecule has 0 fully saturated rings. The molecule has 0 heterocycles. The molecule has 0 bridgehead atoms. The highest BCUT2D eigenvalue weighted by atomic mass is 16.5. The Morgan fingerprint density at radius 2 is 1.67 bits per heavy atom. The van der Waals surface area contributed by atoms with Crippen molar-refractivity contribution in [3.8, 4) is 11.1 Å². The zero-order valence-corrected chi connectivity index (χ0v) is 9.76. The second kappa shape index (κ2) is 5.80. The molecule has 3 N–H and O–H groups in total. The molecule has 0 aromatic heterocycles. The fraction of sp³-hybridized carbons (Fsp3) is 0. The molecule has 2 rings (SSSR count). The van der Waals surface area contributed by atoms with E-state index in [-0.39, 0.29) is 0 Å². The molecule has 0 atom stereocenters. The van der Waals surface area contributed by atoms with E-state index in [9.17, 15) is 4.79 Å². The second-order valence-corrected chi connectivity index (χ2v) is 3.78. The van der Waals surface area contributed by atoms with Crippen LogP contribution in [0.25, 0.3) is 17.2 Å². The van der Waals surface area contributed by atoms with Crippen LogP contribution in [0, 0.1) is 0 Å². The number of hydroxylamine groups is 1. The van der Waals surface area contributed by atoms with Gasteiger partial charge in [-0.25, -0.2) is 0 Å². The summed E-state index contributed by atoms with van der Waals surface area (Å²) in [7, 11) is 0. The molecule has 0 aliphatic rings. The molecule has 0 saturated heterocycles. The number of benzene rings is 2. The zero-order valence-electron chi connectivity index (χ0n) is 9.76. The number of carbonyl (C=O) groups is 1. The summed E-state index contributed by atoms with van der Waals surface area (Å²) in [6, 6.07) is 17.8. The fourth-order valence-corrected chi connectivity index (χ4v) is 1.73. The Labute approximate surface area is 105 Å². The molecule has 0 aliphatic heterocycles. The van der Waals surface area contributed by atoms with E-state index in [1.165, 1.54) is 6.08 Å². The van der Waals surface area contributed by atoms with Crippen LogP contribution in [0.5, 0.6) is 0 Å². The predicted octanol–water partition coefficient (Wildman–Crippen LogP) is 2.12. The molecule has 0 unspecified atom stereocenters. The first-order valence-corrected chi connectivity index (χ1v) is 5.60. The van der Waals surface area contributed by atoms with Crippen LogP contribution in [0.2, 0.25) is 0 Å². The Morgan fingerprint density at radius 1 is 1.00 bits per heavy atom. The highest BCUT2D eigenvalue weighted by Gasteiger charge is 2.02. The van der Waals surface area contributed by atoms with Crippen LogP contribution in [0.1, 0.15) is 5.56 Å². The molecule has 0 radical (unpaired) electrons. The van der Waals surface area contributed by atoms with Crippen molar-refractivity contribution < 1.29 is 10.0 Å². The quantitative estimate of drug-likeness (QED) is 0.498. The van der Waals surface area contributed by atoms with E-state index >= 15 is 0 Å². The minimum Gasteiger partial charge on any atom is -0.310 e. The van der Waals surface area contributed by atoms with E-state index in [0.717, 1.165) is 16.7 Å². The van der Waals surface area contributed by atoms with Crippen molar-refractivity contribution in [3.63, 3.8) is 0 Å². The Balaban J connectivity index is 2.38. The van der Waals surface area contributed by atoms with Gasteiger partial charge < -0.3 is 5.21 Å². The van der Waals surface area contributed by atoms with Crippen molar-refractivity contribution in [1.29, 1.82) is 0 Å². The fourth-order valence-electron chi connectivity index (χ4n) is 1.73. The molecule has 3 heteroatoms. The molecule has 2 aromatic carbocycles. The van der Waals surface area contributed by atoms with Crippen LogP contribution in [0.15, 0.2) is 60.7 Å². The second-order valence-electron chi connectivity index (χ2n) is 3.78. The van der Waals surface area contributed by atoms with Gasteiger partial charge in [0.2, 0.25) is 0 Å². The lowest BCUT2D eigenvalue weighted by Gasteiger charge is -2.05. The number of rotatable bonds is 3. The van der Waals surface area contributed by atoms with E-state index in [2.05, 4.69) is 0 Å². The first kappa shape index (κ1) is 12.1. The lowest BCUT2D eigenvalue weighted by molar-refractivity contribution is -0.124. The topological polar surface area (TPSA) is 52.0 Å². The molecular formula is C15H14NO2+. The molecule has 0 aliphatic carbocycles. The third-order valence-corrected chi connectivity index (χ3v) is 2.58. The Hall–Kier alpha value is -2.39. The van der Waals surface area contributed by atoms with Crippen molar-refractivity contribution in [2.75, 3.05) is 0 Å². The number of carbonyl (C=O) groups excluding carboxylic acids is 1. The molecule has 18 heavy (non-hydrogen) atoms. The lowest BCUT2D eigenvalue weighted by atomic mass is 9.99. The lowest BCUT2D eigenvalue weighted by Crippen LogP contribution is -2.14. The molecule has 3 nitrogen and oxygen atoms in total. The monoisotopic (exact) mass is 240 g/mol.